The maximum Gasteiger partial charge on any atom is 0.253 e. The Morgan fingerprint density at radius 3 is 2.48 bits per heavy atom. The van der Waals surface area contributed by atoms with E-state index >= 15 is 0 Å². The van der Waals surface area contributed by atoms with Crippen LogP contribution in [-0.4, -0.2) is 59.5 Å². The maximum absolute atomic E-state index is 12.4. The lowest BCUT2D eigenvalue weighted by atomic mass is 10.2. The van der Waals surface area contributed by atoms with Crippen molar-refractivity contribution < 1.29 is 10.0 Å². The van der Waals surface area contributed by atoms with E-state index in [1.165, 1.54) is 0 Å². The second kappa shape index (κ2) is 6.98. The number of carbonyl (C=O) groups excluding carboxylic acids is 1. The van der Waals surface area contributed by atoms with Gasteiger partial charge in [0.05, 0.1) is 16.6 Å². The fourth-order valence-electron chi connectivity index (χ4n) is 2.18. The molecule has 0 bridgehead atoms. The smallest absolute Gasteiger partial charge is 0.253 e. The van der Waals surface area contributed by atoms with Gasteiger partial charge in [0.1, 0.15) is 0 Å². The lowest BCUT2D eigenvalue weighted by molar-refractivity contribution is 0.0653. The van der Waals surface area contributed by atoms with E-state index in [9.17, 15) is 4.79 Å². The van der Waals surface area contributed by atoms with Gasteiger partial charge < -0.3 is 15.8 Å². The maximum atomic E-state index is 12.4. The van der Waals surface area contributed by atoms with E-state index in [1.54, 1.807) is 23.1 Å². The molecule has 0 unspecified atom stereocenters. The number of amides is 1. The van der Waals surface area contributed by atoms with Crippen molar-refractivity contribution >= 4 is 34.9 Å². The average molecular weight is 331 g/mol. The van der Waals surface area contributed by atoms with Crippen molar-refractivity contribution in [3.05, 3.63) is 33.8 Å². The Balaban J connectivity index is 1.95. The molecule has 0 aliphatic carbocycles. The molecule has 1 aliphatic heterocycles. The number of piperazine rings is 1. The molecule has 2 rings (SSSR count). The van der Waals surface area contributed by atoms with Gasteiger partial charge in [-0.2, -0.15) is 0 Å². The van der Waals surface area contributed by atoms with Gasteiger partial charge >= 0.3 is 0 Å². The Kier molecular flexibility index (Phi) is 5.27. The summed E-state index contributed by atoms with van der Waals surface area (Å²) in [5.74, 6) is 0.0938. The first-order valence-corrected chi connectivity index (χ1v) is 7.20. The number of benzene rings is 1. The molecule has 0 saturated carbocycles. The number of rotatable bonds is 3. The minimum Gasteiger partial charge on any atom is -0.409 e. The number of halogens is 2. The largest absolute Gasteiger partial charge is 0.409 e. The molecule has 1 heterocycles. The first kappa shape index (κ1) is 15.9. The monoisotopic (exact) mass is 330 g/mol. The van der Waals surface area contributed by atoms with Crippen LogP contribution in [0, 0.1) is 0 Å². The van der Waals surface area contributed by atoms with Gasteiger partial charge in [0.2, 0.25) is 0 Å². The van der Waals surface area contributed by atoms with Gasteiger partial charge in [0, 0.05) is 31.7 Å². The zero-order chi connectivity index (χ0) is 15.4. The molecule has 8 heteroatoms. The Bertz CT molecular complexity index is 557. The zero-order valence-corrected chi connectivity index (χ0v) is 12.8. The average Bonchev–Trinajstić information content (AvgIpc) is 2.50. The van der Waals surface area contributed by atoms with Gasteiger partial charge in [0.25, 0.3) is 5.91 Å². The number of hydrogen-bond donors (Lipinski definition) is 2. The molecule has 1 aromatic carbocycles. The number of hydrogen-bond acceptors (Lipinski definition) is 4. The van der Waals surface area contributed by atoms with Crippen LogP contribution in [0.4, 0.5) is 0 Å². The second-order valence-corrected chi connectivity index (χ2v) is 5.60. The fraction of sp³-hybridized carbons (Fsp3) is 0.385. The lowest BCUT2D eigenvalue weighted by Crippen LogP contribution is -2.50. The first-order chi connectivity index (χ1) is 10.0. The Morgan fingerprint density at radius 1 is 1.24 bits per heavy atom. The van der Waals surface area contributed by atoms with Gasteiger partial charge in [-0.3, -0.25) is 9.69 Å². The van der Waals surface area contributed by atoms with E-state index < -0.39 is 0 Å². The van der Waals surface area contributed by atoms with Crippen LogP contribution in [0.5, 0.6) is 0 Å². The summed E-state index contributed by atoms with van der Waals surface area (Å²) < 4.78 is 0. The molecule has 3 N–H and O–H groups in total. The molecule has 1 aromatic rings. The topological polar surface area (TPSA) is 82.2 Å². The highest BCUT2D eigenvalue weighted by atomic mass is 35.5. The predicted molar refractivity (Wildman–Crippen MR) is 82.2 cm³/mol. The number of nitrogens with zero attached hydrogens (tertiary/aromatic N) is 3. The van der Waals surface area contributed by atoms with Crippen molar-refractivity contribution in [2.24, 2.45) is 10.9 Å². The molecule has 1 fully saturated rings. The van der Waals surface area contributed by atoms with Crippen LogP contribution in [0.3, 0.4) is 0 Å². The Hall–Kier alpha value is -1.50. The molecule has 0 spiro atoms. The Labute approximate surface area is 132 Å². The lowest BCUT2D eigenvalue weighted by Gasteiger charge is -2.34. The summed E-state index contributed by atoms with van der Waals surface area (Å²) in [6.07, 6.45) is 0. The first-order valence-electron chi connectivity index (χ1n) is 6.44. The van der Waals surface area contributed by atoms with E-state index in [0.717, 1.165) is 0 Å². The van der Waals surface area contributed by atoms with Crippen LogP contribution in [-0.2, 0) is 0 Å². The van der Waals surface area contributed by atoms with Gasteiger partial charge in [-0.05, 0) is 18.2 Å². The van der Waals surface area contributed by atoms with Crippen LogP contribution >= 0.6 is 23.2 Å². The second-order valence-electron chi connectivity index (χ2n) is 4.79. The third-order valence-corrected chi connectivity index (χ3v) is 4.08. The molecule has 114 valence electrons. The van der Waals surface area contributed by atoms with Crippen LogP contribution in [0.25, 0.3) is 0 Å². The fourth-order valence-corrected chi connectivity index (χ4v) is 2.48. The normalized spacial score (nSPS) is 17.0. The van der Waals surface area contributed by atoms with Crippen LogP contribution in [0.15, 0.2) is 23.4 Å². The van der Waals surface area contributed by atoms with Crippen molar-refractivity contribution in [1.82, 2.24) is 9.80 Å². The third-order valence-electron chi connectivity index (χ3n) is 3.34. The Morgan fingerprint density at radius 2 is 1.90 bits per heavy atom. The minimum atomic E-state index is -0.0722. The highest BCUT2D eigenvalue weighted by molar-refractivity contribution is 6.42. The summed E-state index contributed by atoms with van der Waals surface area (Å²) in [6, 6.07) is 4.86. The van der Waals surface area contributed by atoms with E-state index in [-0.39, 0.29) is 11.7 Å². The number of nitrogens with two attached hydrogens (primary N) is 1. The molecule has 0 aromatic heterocycles. The molecular formula is C13H16Cl2N4O2. The molecule has 0 atom stereocenters. The molecule has 21 heavy (non-hydrogen) atoms. The quantitative estimate of drug-likeness (QED) is 0.381. The standard InChI is InChI=1S/C13H16Cl2N4O2/c14-10-2-1-9(7-11(10)15)13(20)19-5-3-18(4-6-19)8-12(16)17-21/h1-2,7,21H,3-6,8H2,(H2,16,17). The van der Waals surface area contributed by atoms with Crippen molar-refractivity contribution in [3.63, 3.8) is 0 Å². The number of carbonyl (C=O) groups is 1. The highest BCUT2D eigenvalue weighted by Crippen LogP contribution is 2.23. The van der Waals surface area contributed by atoms with Crippen molar-refractivity contribution in [1.29, 1.82) is 0 Å². The molecule has 1 aliphatic rings. The molecule has 1 saturated heterocycles. The van der Waals surface area contributed by atoms with Crippen LogP contribution in [0.1, 0.15) is 10.4 Å². The van der Waals surface area contributed by atoms with Crippen molar-refractivity contribution in [3.8, 4) is 0 Å². The summed E-state index contributed by atoms with van der Waals surface area (Å²) in [4.78, 5) is 16.1. The van der Waals surface area contributed by atoms with Crippen LogP contribution < -0.4 is 5.73 Å². The number of amidine groups is 1. The summed E-state index contributed by atoms with van der Waals surface area (Å²) >= 11 is 11.8. The zero-order valence-electron chi connectivity index (χ0n) is 11.3. The summed E-state index contributed by atoms with van der Waals surface area (Å²) in [5.41, 5.74) is 5.99. The van der Waals surface area contributed by atoms with Gasteiger partial charge in [-0.1, -0.05) is 28.4 Å². The van der Waals surface area contributed by atoms with Crippen LogP contribution in [0.2, 0.25) is 10.0 Å². The van der Waals surface area contributed by atoms with Crippen molar-refractivity contribution in [2.45, 2.75) is 0 Å². The van der Waals surface area contributed by atoms with Crippen molar-refractivity contribution in [2.75, 3.05) is 32.7 Å². The molecule has 0 radical (unpaired) electrons. The summed E-state index contributed by atoms with van der Waals surface area (Å²) in [6.45, 7) is 2.90. The van der Waals surface area contributed by atoms with Gasteiger partial charge in [-0.15, -0.1) is 0 Å². The van der Waals surface area contributed by atoms with E-state index in [4.69, 9.17) is 34.1 Å². The third kappa shape index (κ3) is 4.00. The summed E-state index contributed by atoms with van der Waals surface area (Å²) in [7, 11) is 0. The predicted octanol–water partition coefficient (Wildman–Crippen LogP) is 1.50. The molecular weight excluding hydrogens is 315 g/mol. The molecule has 6 nitrogen and oxygen atoms in total. The highest BCUT2D eigenvalue weighted by Gasteiger charge is 2.22. The van der Waals surface area contributed by atoms with E-state index in [0.29, 0.717) is 48.3 Å². The van der Waals surface area contributed by atoms with Gasteiger partial charge in [-0.25, -0.2) is 0 Å². The van der Waals surface area contributed by atoms with E-state index in [2.05, 4.69) is 5.16 Å². The SMILES string of the molecule is NC(CN1CCN(C(=O)c2ccc(Cl)c(Cl)c2)CC1)=NO. The molecule has 1 amide bonds. The number of oxime groups is 1. The minimum absolute atomic E-state index is 0.0722. The van der Waals surface area contributed by atoms with Gasteiger partial charge in [0.15, 0.2) is 5.84 Å². The van der Waals surface area contributed by atoms with E-state index in [1.807, 2.05) is 4.90 Å². The summed E-state index contributed by atoms with van der Waals surface area (Å²) in [5, 5.41) is 12.3.